The van der Waals surface area contributed by atoms with Crippen LogP contribution in [-0.4, -0.2) is 28.8 Å². The molecule has 2 rings (SSSR count). The summed E-state index contributed by atoms with van der Waals surface area (Å²) in [5.74, 6) is 0.792. The highest BCUT2D eigenvalue weighted by atomic mass is 16.5. The molecule has 0 spiro atoms. The zero-order valence-corrected chi connectivity index (χ0v) is 11.6. The highest BCUT2D eigenvalue weighted by Gasteiger charge is 2.02. The Bertz CT molecular complexity index is 537. The second kappa shape index (κ2) is 7.33. The van der Waals surface area contributed by atoms with Gasteiger partial charge in [-0.1, -0.05) is 18.2 Å². The minimum Gasteiger partial charge on any atom is -0.493 e. The maximum absolute atomic E-state index is 11.6. The molecule has 106 valence electrons. The second-order valence-electron chi connectivity index (χ2n) is 4.53. The lowest BCUT2D eigenvalue weighted by Crippen LogP contribution is -2.26. The summed E-state index contributed by atoms with van der Waals surface area (Å²) in [6.07, 6.45) is 4.91. The highest BCUT2D eigenvalue weighted by Crippen LogP contribution is 2.08. The Morgan fingerprint density at radius 1 is 1.35 bits per heavy atom. The number of aryl methyl sites for hydroxylation is 1. The standard InChI is InChI=1S/C15H19N3O2/c1-18-12-13(11-17-18)7-9-16-15(19)8-10-20-14-5-3-2-4-6-14/h2-6,11-12H,7-10H2,1H3,(H,16,19). The minimum absolute atomic E-state index is 0.00446. The van der Waals surface area contributed by atoms with E-state index in [-0.39, 0.29) is 5.91 Å². The van der Waals surface area contributed by atoms with Gasteiger partial charge in [-0.15, -0.1) is 0 Å². The minimum atomic E-state index is 0.00446. The van der Waals surface area contributed by atoms with Crippen molar-refractivity contribution in [3.8, 4) is 5.75 Å². The highest BCUT2D eigenvalue weighted by molar-refractivity contribution is 5.75. The van der Waals surface area contributed by atoms with Gasteiger partial charge >= 0.3 is 0 Å². The van der Waals surface area contributed by atoms with E-state index in [0.717, 1.165) is 17.7 Å². The van der Waals surface area contributed by atoms with Crippen molar-refractivity contribution in [2.24, 2.45) is 7.05 Å². The number of rotatable bonds is 7. The molecule has 0 aliphatic carbocycles. The van der Waals surface area contributed by atoms with Gasteiger partial charge in [0.2, 0.25) is 5.91 Å². The number of carbonyl (C=O) groups is 1. The van der Waals surface area contributed by atoms with Crippen LogP contribution in [0.3, 0.4) is 0 Å². The molecule has 1 N–H and O–H groups in total. The first kappa shape index (κ1) is 14.1. The van der Waals surface area contributed by atoms with Crippen LogP contribution in [0, 0.1) is 0 Å². The third-order valence-corrected chi connectivity index (χ3v) is 2.84. The number of carbonyl (C=O) groups excluding carboxylic acids is 1. The van der Waals surface area contributed by atoms with Gasteiger partial charge < -0.3 is 10.1 Å². The van der Waals surface area contributed by atoms with Gasteiger partial charge in [-0.05, 0) is 24.1 Å². The topological polar surface area (TPSA) is 56.2 Å². The van der Waals surface area contributed by atoms with E-state index >= 15 is 0 Å². The summed E-state index contributed by atoms with van der Waals surface area (Å²) in [5.41, 5.74) is 1.12. The van der Waals surface area contributed by atoms with E-state index in [0.29, 0.717) is 19.6 Å². The quantitative estimate of drug-likeness (QED) is 0.832. The van der Waals surface area contributed by atoms with Crippen molar-refractivity contribution < 1.29 is 9.53 Å². The summed E-state index contributed by atoms with van der Waals surface area (Å²) in [7, 11) is 1.88. The number of hydrogen-bond acceptors (Lipinski definition) is 3. The predicted octanol–water partition coefficient (Wildman–Crippen LogP) is 1.55. The lowest BCUT2D eigenvalue weighted by Gasteiger charge is -2.06. The Kier molecular flexibility index (Phi) is 5.17. The maximum Gasteiger partial charge on any atom is 0.223 e. The van der Waals surface area contributed by atoms with Crippen LogP contribution in [0.15, 0.2) is 42.7 Å². The zero-order valence-electron chi connectivity index (χ0n) is 11.6. The number of hydrogen-bond donors (Lipinski definition) is 1. The molecule has 5 nitrogen and oxygen atoms in total. The van der Waals surface area contributed by atoms with E-state index in [1.165, 1.54) is 0 Å². The van der Waals surface area contributed by atoms with Crippen molar-refractivity contribution in [1.29, 1.82) is 0 Å². The molecule has 1 heterocycles. The third kappa shape index (κ3) is 4.76. The lowest BCUT2D eigenvalue weighted by atomic mass is 10.2. The number of amides is 1. The van der Waals surface area contributed by atoms with Gasteiger partial charge in [0, 0.05) is 19.8 Å². The van der Waals surface area contributed by atoms with Gasteiger partial charge in [0.05, 0.1) is 19.2 Å². The average molecular weight is 273 g/mol. The fraction of sp³-hybridized carbons (Fsp3) is 0.333. The Labute approximate surface area is 118 Å². The molecule has 1 aromatic heterocycles. The van der Waals surface area contributed by atoms with Crippen molar-refractivity contribution in [1.82, 2.24) is 15.1 Å². The van der Waals surface area contributed by atoms with Crippen LogP contribution < -0.4 is 10.1 Å². The molecule has 0 atom stereocenters. The Morgan fingerprint density at radius 3 is 2.85 bits per heavy atom. The normalized spacial score (nSPS) is 10.2. The SMILES string of the molecule is Cn1cc(CCNC(=O)CCOc2ccccc2)cn1. The molecule has 0 saturated heterocycles. The molecule has 5 heteroatoms. The van der Waals surface area contributed by atoms with E-state index in [1.54, 1.807) is 4.68 Å². The number of benzene rings is 1. The third-order valence-electron chi connectivity index (χ3n) is 2.84. The molecular formula is C15H19N3O2. The van der Waals surface area contributed by atoms with Crippen LogP contribution in [-0.2, 0) is 18.3 Å². The predicted molar refractivity (Wildman–Crippen MR) is 76.5 cm³/mol. The molecule has 0 saturated carbocycles. The van der Waals surface area contributed by atoms with Crippen LogP contribution in [0.25, 0.3) is 0 Å². The molecule has 1 amide bonds. The van der Waals surface area contributed by atoms with Crippen LogP contribution in [0.4, 0.5) is 0 Å². The number of para-hydroxylation sites is 1. The number of ether oxygens (including phenoxy) is 1. The van der Waals surface area contributed by atoms with E-state index in [2.05, 4.69) is 10.4 Å². The monoisotopic (exact) mass is 273 g/mol. The van der Waals surface area contributed by atoms with Crippen LogP contribution in [0.2, 0.25) is 0 Å². The summed E-state index contributed by atoms with van der Waals surface area (Å²) in [6, 6.07) is 9.49. The first-order valence-electron chi connectivity index (χ1n) is 6.66. The zero-order chi connectivity index (χ0) is 14.2. The Hall–Kier alpha value is -2.30. The molecule has 0 aliphatic heterocycles. The summed E-state index contributed by atoms with van der Waals surface area (Å²) in [5, 5.41) is 6.95. The van der Waals surface area contributed by atoms with Crippen LogP contribution >= 0.6 is 0 Å². The first-order chi connectivity index (χ1) is 9.74. The van der Waals surface area contributed by atoms with Gasteiger partial charge in [-0.3, -0.25) is 9.48 Å². The maximum atomic E-state index is 11.6. The summed E-state index contributed by atoms with van der Waals surface area (Å²) < 4.78 is 7.23. The smallest absolute Gasteiger partial charge is 0.223 e. The van der Waals surface area contributed by atoms with Crippen molar-refractivity contribution in [3.05, 3.63) is 48.3 Å². The Morgan fingerprint density at radius 2 is 2.15 bits per heavy atom. The Balaban J connectivity index is 1.59. The van der Waals surface area contributed by atoms with Gasteiger partial charge in [-0.25, -0.2) is 0 Å². The molecule has 1 aromatic carbocycles. The molecule has 0 fully saturated rings. The molecular weight excluding hydrogens is 254 g/mol. The summed E-state index contributed by atoms with van der Waals surface area (Å²) >= 11 is 0. The molecule has 0 unspecified atom stereocenters. The van der Waals surface area contributed by atoms with E-state index < -0.39 is 0 Å². The number of aromatic nitrogens is 2. The number of nitrogens with one attached hydrogen (secondary N) is 1. The fourth-order valence-electron chi connectivity index (χ4n) is 1.81. The van der Waals surface area contributed by atoms with E-state index in [9.17, 15) is 4.79 Å². The van der Waals surface area contributed by atoms with Crippen LogP contribution in [0.1, 0.15) is 12.0 Å². The molecule has 0 radical (unpaired) electrons. The van der Waals surface area contributed by atoms with Gasteiger partial charge in [0.15, 0.2) is 0 Å². The number of nitrogens with zero attached hydrogens (tertiary/aromatic N) is 2. The van der Waals surface area contributed by atoms with Crippen molar-refractivity contribution in [2.75, 3.05) is 13.2 Å². The molecule has 20 heavy (non-hydrogen) atoms. The van der Waals surface area contributed by atoms with Gasteiger partial charge in [0.25, 0.3) is 0 Å². The molecule has 0 aliphatic rings. The van der Waals surface area contributed by atoms with Crippen LogP contribution in [0.5, 0.6) is 5.75 Å². The van der Waals surface area contributed by atoms with E-state index in [1.807, 2.05) is 49.8 Å². The average Bonchev–Trinajstić information content (AvgIpc) is 2.86. The van der Waals surface area contributed by atoms with Gasteiger partial charge in [0.1, 0.15) is 5.75 Å². The second-order valence-corrected chi connectivity index (χ2v) is 4.53. The molecule has 2 aromatic rings. The van der Waals surface area contributed by atoms with Crippen molar-refractivity contribution in [2.45, 2.75) is 12.8 Å². The fourth-order valence-corrected chi connectivity index (χ4v) is 1.81. The van der Waals surface area contributed by atoms with E-state index in [4.69, 9.17) is 4.74 Å². The molecule has 0 bridgehead atoms. The van der Waals surface area contributed by atoms with Crippen molar-refractivity contribution >= 4 is 5.91 Å². The summed E-state index contributed by atoms with van der Waals surface area (Å²) in [6.45, 7) is 1.01. The largest absolute Gasteiger partial charge is 0.493 e. The lowest BCUT2D eigenvalue weighted by molar-refractivity contribution is -0.121. The van der Waals surface area contributed by atoms with Gasteiger partial charge in [-0.2, -0.15) is 5.10 Å². The summed E-state index contributed by atoms with van der Waals surface area (Å²) in [4.78, 5) is 11.6. The first-order valence-corrected chi connectivity index (χ1v) is 6.66. The van der Waals surface area contributed by atoms with Crippen molar-refractivity contribution in [3.63, 3.8) is 0 Å².